The van der Waals surface area contributed by atoms with Crippen LogP contribution >= 0.6 is 0 Å². The van der Waals surface area contributed by atoms with Crippen LogP contribution in [-0.4, -0.2) is 58.9 Å². The Labute approximate surface area is 394 Å². The number of carbonyl (C=O) groups excluding carboxylic acids is 3. The van der Waals surface area contributed by atoms with Gasteiger partial charge in [-0.05, 0) is 160 Å². The first-order valence-corrected chi connectivity index (χ1v) is 27.2. The number of carbonyl (C=O) groups is 2. The molecular formula is C48H53N3O14S3. The van der Waals surface area contributed by atoms with Crippen molar-refractivity contribution < 1.29 is 63.1 Å². The number of benzene rings is 2. The Hall–Kier alpha value is -5.31. The number of fused-ring (bicyclic) bond motifs is 4. The Bertz CT molecular complexity index is 3140. The lowest BCUT2D eigenvalue weighted by Gasteiger charge is -2.14. The Morgan fingerprint density at radius 3 is 1.43 bits per heavy atom. The van der Waals surface area contributed by atoms with Crippen LogP contribution in [0.4, 0.5) is 5.69 Å². The Morgan fingerprint density at radius 2 is 1.03 bits per heavy atom. The summed E-state index contributed by atoms with van der Waals surface area (Å²) < 4.78 is 82.7. The van der Waals surface area contributed by atoms with Gasteiger partial charge in [-0.25, -0.2) is 40.3 Å². The lowest BCUT2D eigenvalue weighted by atomic mass is 9.91. The summed E-state index contributed by atoms with van der Waals surface area (Å²) in [5, 5.41) is 28.3. The molecule has 362 valence electrons. The van der Waals surface area contributed by atoms with E-state index < -0.39 is 51.9 Å². The third-order valence-corrected chi connectivity index (χ3v) is 16.5. The molecule has 0 spiro atoms. The van der Waals surface area contributed by atoms with Crippen LogP contribution in [0.15, 0.2) is 82.6 Å². The molecule has 20 heteroatoms. The number of aliphatic hydroxyl groups is 2. The fourth-order valence-corrected chi connectivity index (χ4v) is 11.7. The molecule has 3 heterocycles. The molecular weight excluding hydrogens is 939 g/mol. The molecule has 0 atom stereocenters. The van der Waals surface area contributed by atoms with Crippen LogP contribution in [0.3, 0.4) is 0 Å². The van der Waals surface area contributed by atoms with Crippen LogP contribution in [0.1, 0.15) is 130 Å². The van der Waals surface area contributed by atoms with E-state index in [0.717, 1.165) is 87.8 Å². The van der Waals surface area contributed by atoms with Crippen molar-refractivity contribution in [2.75, 3.05) is 5.75 Å². The fraction of sp³-hybridized carbons (Fsp3) is 0.438. The van der Waals surface area contributed by atoms with Gasteiger partial charge in [0.1, 0.15) is 12.0 Å². The highest BCUT2D eigenvalue weighted by Crippen LogP contribution is 2.47. The van der Waals surface area contributed by atoms with Crippen molar-refractivity contribution in [2.24, 2.45) is 15.3 Å². The number of sulfone groups is 1. The molecule has 6 N–H and O–H groups in total. The molecule has 0 radical (unpaired) electrons. The normalized spacial score (nSPS) is 17.7. The second-order valence-electron chi connectivity index (χ2n) is 18.4. The minimum atomic E-state index is -3.85. The summed E-state index contributed by atoms with van der Waals surface area (Å²) in [4.78, 5) is 37.9. The van der Waals surface area contributed by atoms with Gasteiger partial charge in [0.25, 0.3) is 20.0 Å². The standard InChI is InChI=1S/C22H24O5S.C13H13NO.C7H9NO4S.C6H7NO4S/c23-17(13-28(25,26)21-10-16(12-27-21)22(24)7-8-22)11-20-18-5-1-3-14(18)9-15-4-2-6-19(15)20;15-8-14-13-11-5-1-3-9(11)7-10-4-2-6-12(10)13;8-13(10,11)6-3-5(4-12-6)7(9)1-2-7;1-4(8)5-2-6(11-3-5)12(7,9)10/h9-10,12,24H,1-8,11,13H2;7H,1-6H2;3-4,9H,1-2H2,(H2,8,10,11);2-3H,1H3,(H2,7,9,10). The van der Waals surface area contributed by atoms with Gasteiger partial charge in [-0.1, -0.05) is 12.1 Å². The van der Waals surface area contributed by atoms with Crippen molar-refractivity contribution in [2.45, 2.75) is 143 Å². The smallest absolute Gasteiger partial charge is 0.271 e. The zero-order valence-corrected chi connectivity index (χ0v) is 39.9. The van der Waals surface area contributed by atoms with Crippen molar-refractivity contribution in [1.29, 1.82) is 0 Å². The maximum atomic E-state index is 12.7. The van der Waals surface area contributed by atoms with Gasteiger partial charge < -0.3 is 23.5 Å². The van der Waals surface area contributed by atoms with E-state index in [1.165, 1.54) is 88.9 Å². The summed E-state index contributed by atoms with van der Waals surface area (Å²) in [6, 6.07) is 8.38. The van der Waals surface area contributed by atoms with Crippen LogP contribution < -0.4 is 10.3 Å². The number of primary sulfonamides is 2. The fourth-order valence-electron chi connectivity index (χ4n) is 9.54. The van der Waals surface area contributed by atoms with Gasteiger partial charge in [0.2, 0.25) is 31.2 Å². The van der Waals surface area contributed by atoms with E-state index in [9.17, 15) is 49.9 Å². The van der Waals surface area contributed by atoms with E-state index >= 15 is 0 Å². The van der Waals surface area contributed by atoms with Crippen molar-refractivity contribution >= 4 is 53.2 Å². The number of hydrogen-bond donors (Lipinski definition) is 4. The zero-order chi connectivity index (χ0) is 48.8. The summed E-state index contributed by atoms with van der Waals surface area (Å²) in [6.07, 6.45) is 21.2. The van der Waals surface area contributed by atoms with Gasteiger partial charge in [0.15, 0.2) is 11.6 Å². The molecule has 17 nitrogen and oxygen atoms in total. The number of ketones is 2. The number of furan rings is 3. The lowest BCUT2D eigenvalue weighted by Crippen LogP contribution is -2.19. The van der Waals surface area contributed by atoms with Crippen molar-refractivity contribution in [3.8, 4) is 0 Å². The van der Waals surface area contributed by atoms with Crippen molar-refractivity contribution in [3.63, 3.8) is 0 Å². The Balaban J connectivity index is 0.000000132. The quantitative estimate of drug-likeness (QED) is 0.0723. The summed E-state index contributed by atoms with van der Waals surface area (Å²) in [5.41, 5.74) is 12.1. The summed E-state index contributed by atoms with van der Waals surface area (Å²) in [7, 11) is -11.5. The van der Waals surface area contributed by atoms with Crippen LogP contribution in [0.25, 0.3) is 0 Å². The molecule has 2 fully saturated rings. The highest BCUT2D eigenvalue weighted by atomic mass is 32.2. The van der Waals surface area contributed by atoms with E-state index in [4.69, 9.17) is 19.1 Å². The Morgan fingerprint density at radius 1 is 0.618 bits per heavy atom. The van der Waals surface area contributed by atoms with Crippen LogP contribution in [-0.2, 0) is 108 Å². The number of aryl methyl sites for hydroxylation is 4. The molecule has 5 aromatic rings. The van der Waals surface area contributed by atoms with E-state index in [1.807, 2.05) is 0 Å². The predicted molar refractivity (Wildman–Crippen MR) is 245 cm³/mol. The molecule has 0 unspecified atom stereocenters. The molecule has 3 aromatic heterocycles. The van der Waals surface area contributed by atoms with Crippen molar-refractivity contribution in [3.05, 3.63) is 116 Å². The van der Waals surface area contributed by atoms with Gasteiger partial charge in [-0.3, -0.25) is 9.59 Å². The minimum absolute atomic E-state index is 0.183. The van der Waals surface area contributed by atoms with E-state index in [0.29, 0.717) is 36.8 Å². The number of nitrogens with two attached hydrogens (primary N) is 2. The summed E-state index contributed by atoms with van der Waals surface area (Å²) in [5.74, 6) is -1.12. The van der Waals surface area contributed by atoms with Crippen LogP contribution in [0.2, 0.25) is 0 Å². The first-order valence-electron chi connectivity index (χ1n) is 22.5. The molecule has 2 aromatic carbocycles. The maximum Gasteiger partial charge on any atom is 0.271 e. The molecule has 6 aliphatic rings. The molecule has 0 saturated heterocycles. The van der Waals surface area contributed by atoms with Crippen LogP contribution in [0, 0.1) is 0 Å². The molecule has 11 rings (SSSR count). The van der Waals surface area contributed by atoms with Gasteiger partial charge >= 0.3 is 0 Å². The SMILES string of the molecule is CC(=O)c1coc(S(N)(=O)=O)c1.NS(=O)(=O)c1cc(C2(O)CC2)co1.O=C(Cc1c2c(cc3c1CCC3)CCC2)CS(=O)(=O)c1cc(C2(O)CC2)co1.O=C=Nc1c2c(cc3c1CCC3)CCC2. The van der Waals surface area contributed by atoms with E-state index in [-0.39, 0.29) is 33.7 Å². The first kappa shape index (κ1) is 49.1. The molecule has 2 saturated carbocycles. The molecule has 6 aliphatic carbocycles. The summed E-state index contributed by atoms with van der Waals surface area (Å²) >= 11 is 0. The number of sulfonamides is 2. The Kier molecular flexibility index (Phi) is 13.6. The number of hydrogen-bond acceptors (Lipinski definition) is 15. The third kappa shape index (κ3) is 10.8. The lowest BCUT2D eigenvalue weighted by molar-refractivity contribution is -0.116. The number of nitrogens with zero attached hydrogens (tertiary/aromatic N) is 1. The number of isocyanates is 1. The minimum Gasteiger partial charge on any atom is -0.453 e. The second-order valence-corrected chi connectivity index (χ2v) is 23.3. The van der Waals surface area contributed by atoms with Crippen molar-refractivity contribution in [1.82, 2.24) is 0 Å². The average Bonchev–Trinajstić information content (AvgIpc) is 3.95. The van der Waals surface area contributed by atoms with E-state index in [1.54, 1.807) is 6.08 Å². The summed E-state index contributed by atoms with van der Waals surface area (Å²) in [6.45, 7) is 1.30. The van der Waals surface area contributed by atoms with Crippen LogP contribution in [0.5, 0.6) is 0 Å². The average molecular weight is 992 g/mol. The van der Waals surface area contributed by atoms with Gasteiger partial charge in [0.05, 0.1) is 35.0 Å². The first-order chi connectivity index (χ1) is 32.1. The van der Waals surface area contributed by atoms with Gasteiger partial charge in [-0.2, -0.15) is 4.99 Å². The largest absolute Gasteiger partial charge is 0.453 e. The second kappa shape index (κ2) is 18.9. The zero-order valence-electron chi connectivity index (χ0n) is 37.5. The monoisotopic (exact) mass is 991 g/mol. The van der Waals surface area contributed by atoms with Gasteiger partial charge in [0, 0.05) is 35.7 Å². The topological polar surface area (TPSA) is 298 Å². The number of rotatable bonds is 11. The third-order valence-electron chi connectivity index (χ3n) is 13.4. The molecule has 0 bridgehead atoms. The number of Topliss-reactive ketones (excluding diaryl/α,β-unsaturated/α-hetero) is 2. The van der Waals surface area contributed by atoms with E-state index in [2.05, 4.69) is 21.5 Å². The maximum absolute atomic E-state index is 12.7. The number of aliphatic imine (C=N–C) groups is 1. The molecule has 0 aliphatic heterocycles. The predicted octanol–water partition coefficient (Wildman–Crippen LogP) is 5.49. The van der Waals surface area contributed by atoms with Gasteiger partial charge in [-0.15, -0.1) is 0 Å². The highest BCUT2D eigenvalue weighted by molar-refractivity contribution is 7.92. The molecule has 68 heavy (non-hydrogen) atoms. The molecule has 0 amide bonds. The highest BCUT2D eigenvalue weighted by Gasteiger charge is 2.45.